The molecule has 1 aliphatic rings. The summed E-state index contributed by atoms with van der Waals surface area (Å²) in [6, 6.07) is 5.83. The van der Waals surface area contributed by atoms with Gasteiger partial charge in [-0.3, -0.25) is 9.69 Å². The molecule has 1 N–H and O–H groups in total. The number of tetrazole rings is 1. The van der Waals surface area contributed by atoms with Crippen LogP contribution in [-0.4, -0.2) is 55.9 Å². The summed E-state index contributed by atoms with van der Waals surface area (Å²) in [6.45, 7) is 11.2. The Labute approximate surface area is 176 Å². The fourth-order valence-corrected chi connectivity index (χ4v) is 4.50. The van der Waals surface area contributed by atoms with Crippen molar-refractivity contribution in [3.05, 3.63) is 51.1 Å². The normalized spacial score (nSPS) is 17.8. The van der Waals surface area contributed by atoms with Crippen molar-refractivity contribution in [1.29, 1.82) is 0 Å². The maximum absolute atomic E-state index is 13.2. The lowest BCUT2D eigenvalue weighted by molar-refractivity contribution is 0.0910. The minimum atomic E-state index is -0.328. The molecule has 1 saturated heterocycles. The first-order chi connectivity index (χ1) is 14.5. The largest absolute Gasteiger partial charge is 0.376 e. The van der Waals surface area contributed by atoms with Gasteiger partial charge in [-0.2, -0.15) is 0 Å². The Bertz CT molecular complexity index is 1080. The van der Waals surface area contributed by atoms with Crippen LogP contribution in [0.5, 0.6) is 0 Å². The van der Waals surface area contributed by atoms with E-state index in [2.05, 4.69) is 52.2 Å². The smallest absolute Gasteiger partial charge is 0.253 e. The van der Waals surface area contributed by atoms with Gasteiger partial charge in [-0.25, -0.2) is 4.68 Å². The van der Waals surface area contributed by atoms with Crippen LogP contribution in [0.15, 0.2) is 23.0 Å². The summed E-state index contributed by atoms with van der Waals surface area (Å²) < 4.78 is 7.60. The first-order valence-electron chi connectivity index (χ1n) is 10.8. The Morgan fingerprint density at radius 1 is 1.27 bits per heavy atom. The second kappa shape index (κ2) is 8.65. The lowest BCUT2D eigenvalue weighted by atomic mass is 10.00. The van der Waals surface area contributed by atoms with Gasteiger partial charge in [0.1, 0.15) is 6.04 Å². The van der Waals surface area contributed by atoms with Crippen molar-refractivity contribution in [1.82, 2.24) is 30.1 Å². The molecule has 8 heteroatoms. The predicted octanol–water partition coefficient (Wildman–Crippen LogP) is 2.74. The first kappa shape index (κ1) is 20.7. The van der Waals surface area contributed by atoms with Crippen molar-refractivity contribution in [2.75, 3.05) is 19.7 Å². The van der Waals surface area contributed by atoms with Crippen molar-refractivity contribution in [2.45, 2.75) is 59.2 Å². The number of aromatic nitrogens is 5. The highest BCUT2D eigenvalue weighted by Gasteiger charge is 2.30. The van der Waals surface area contributed by atoms with Gasteiger partial charge >= 0.3 is 0 Å². The third-order valence-electron chi connectivity index (χ3n) is 6.02. The van der Waals surface area contributed by atoms with Crippen LogP contribution < -0.4 is 5.56 Å². The molecule has 0 radical (unpaired) electrons. The number of aryl methyl sites for hydroxylation is 2. The van der Waals surface area contributed by atoms with Crippen molar-refractivity contribution < 1.29 is 4.74 Å². The third kappa shape index (κ3) is 3.89. The van der Waals surface area contributed by atoms with Crippen LogP contribution >= 0.6 is 0 Å². The molecular formula is C22H30N6O2. The maximum Gasteiger partial charge on any atom is 0.253 e. The van der Waals surface area contributed by atoms with Crippen LogP contribution in [-0.2, 0) is 11.3 Å². The fourth-order valence-electron chi connectivity index (χ4n) is 4.50. The summed E-state index contributed by atoms with van der Waals surface area (Å²) in [4.78, 5) is 18.5. The zero-order chi connectivity index (χ0) is 21.3. The summed E-state index contributed by atoms with van der Waals surface area (Å²) in [5, 5.41) is 13.6. The Kier molecular flexibility index (Phi) is 5.97. The van der Waals surface area contributed by atoms with Gasteiger partial charge in [0, 0.05) is 23.1 Å². The van der Waals surface area contributed by atoms with Crippen molar-refractivity contribution in [2.24, 2.45) is 0 Å². The van der Waals surface area contributed by atoms with Gasteiger partial charge in [0.15, 0.2) is 5.82 Å². The number of benzene rings is 1. The molecule has 3 heterocycles. The Morgan fingerprint density at radius 3 is 2.77 bits per heavy atom. The van der Waals surface area contributed by atoms with Crippen LogP contribution in [0.1, 0.15) is 55.2 Å². The minimum Gasteiger partial charge on any atom is -0.376 e. The average Bonchev–Trinajstić information content (AvgIpc) is 3.38. The molecule has 1 fully saturated rings. The summed E-state index contributed by atoms with van der Waals surface area (Å²) in [5.41, 5.74) is 3.69. The number of aromatic amines is 1. The molecule has 1 aliphatic heterocycles. The fraction of sp³-hybridized carbons (Fsp3) is 0.545. The van der Waals surface area contributed by atoms with Gasteiger partial charge in [-0.1, -0.05) is 19.9 Å². The van der Waals surface area contributed by atoms with E-state index in [4.69, 9.17) is 4.74 Å². The number of ether oxygens (including phenoxy) is 1. The van der Waals surface area contributed by atoms with Crippen LogP contribution in [0.25, 0.3) is 10.9 Å². The number of hydrogen-bond donors (Lipinski definition) is 1. The molecule has 0 unspecified atom stereocenters. The van der Waals surface area contributed by atoms with E-state index >= 15 is 0 Å². The third-order valence-corrected chi connectivity index (χ3v) is 6.02. The Morgan fingerprint density at radius 2 is 2.07 bits per heavy atom. The summed E-state index contributed by atoms with van der Waals surface area (Å²) in [6.07, 6.45) is 2.18. The van der Waals surface area contributed by atoms with Gasteiger partial charge < -0.3 is 9.72 Å². The highest BCUT2D eigenvalue weighted by molar-refractivity contribution is 5.83. The van der Waals surface area contributed by atoms with Crippen molar-refractivity contribution in [3.8, 4) is 0 Å². The number of pyridine rings is 1. The Balaban J connectivity index is 1.84. The summed E-state index contributed by atoms with van der Waals surface area (Å²) >= 11 is 0. The molecule has 30 heavy (non-hydrogen) atoms. The van der Waals surface area contributed by atoms with E-state index in [1.807, 2.05) is 23.7 Å². The van der Waals surface area contributed by atoms with Crippen LogP contribution in [0.4, 0.5) is 0 Å². The highest BCUT2D eigenvalue weighted by Crippen LogP contribution is 2.28. The molecule has 8 nitrogen and oxygen atoms in total. The summed E-state index contributed by atoms with van der Waals surface area (Å²) in [7, 11) is 0. The van der Waals surface area contributed by atoms with Gasteiger partial charge in [0.2, 0.25) is 0 Å². The second-order valence-electron chi connectivity index (χ2n) is 8.07. The predicted molar refractivity (Wildman–Crippen MR) is 116 cm³/mol. The number of nitrogens with zero attached hydrogens (tertiary/aromatic N) is 5. The summed E-state index contributed by atoms with van der Waals surface area (Å²) in [5.74, 6) is 0.684. The van der Waals surface area contributed by atoms with Gasteiger partial charge in [-0.05, 0) is 73.5 Å². The van der Waals surface area contributed by atoms with Crippen molar-refractivity contribution in [3.63, 3.8) is 0 Å². The van der Waals surface area contributed by atoms with Crippen LogP contribution in [0, 0.1) is 13.8 Å². The standard InChI is InChI=1S/C22H30N6O2/c1-5-27(6-2)20(21-24-25-26-28(21)13-16-8-7-9-30-16)18-12-17-15(4)10-14(3)11-19(17)23-22(18)29/h10-12,16,20H,5-9,13H2,1-4H3,(H,23,29)/t16-,20+/m0/s1. The van der Waals surface area contributed by atoms with Crippen molar-refractivity contribution >= 4 is 10.9 Å². The molecule has 3 aromatic rings. The number of rotatable bonds is 7. The average molecular weight is 411 g/mol. The number of H-pyrrole nitrogens is 1. The van der Waals surface area contributed by atoms with E-state index < -0.39 is 0 Å². The monoisotopic (exact) mass is 410 g/mol. The SMILES string of the molecule is CCN(CC)[C@H](c1cc2c(C)cc(C)cc2[nH]c1=O)c1nnnn1C[C@@H]1CCCO1. The number of nitrogens with one attached hydrogen (secondary N) is 1. The van der Waals surface area contributed by atoms with Crippen LogP contribution in [0.2, 0.25) is 0 Å². The molecule has 4 rings (SSSR count). The number of hydrogen-bond acceptors (Lipinski definition) is 6. The van der Waals surface area contributed by atoms with E-state index in [1.165, 1.54) is 0 Å². The lowest BCUT2D eigenvalue weighted by Gasteiger charge is -2.29. The quantitative estimate of drug-likeness (QED) is 0.644. The maximum atomic E-state index is 13.2. The topological polar surface area (TPSA) is 88.9 Å². The van der Waals surface area contributed by atoms with E-state index in [1.54, 1.807) is 0 Å². The molecule has 160 valence electrons. The van der Waals surface area contributed by atoms with Gasteiger partial charge in [-0.15, -0.1) is 5.10 Å². The molecule has 0 saturated carbocycles. The molecule has 0 bridgehead atoms. The molecule has 1 aromatic carbocycles. The zero-order valence-corrected chi connectivity index (χ0v) is 18.2. The lowest BCUT2D eigenvalue weighted by Crippen LogP contribution is -2.35. The van der Waals surface area contributed by atoms with E-state index in [0.29, 0.717) is 17.9 Å². The molecule has 2 aromatic heterocycles. The minimum absolute atomic E-state index is 0.101. The molecule has 0 amide bonds. The number of fused-ring (bicyclic) bond motifs is 1. The second-order valence-corrected chi connectivity index (χ2v) is 8.07. The van der Waals surface area contributed by atoms with E-state index in [9.17, 15) is 4.79 Å². The Hall–Kier alpha value is -2.58. The van der Waals surface area contributed by atoms with Gasteiger partial charge in [0.05, 0.1) is 12.6 Å². The highest BCUT2D eigenvalue weighted by atomic mass is 16.5. The first-order valence-corrected chi connectivity index (χ1v) is 10.8. The van der Waals surface area contributed by atoms with E-state index in [-0.39, 0.29) is 17.7 Å². The molecule has 0 spiro atoms. The molecule has 0 aliphatic carbocycles. The molecular weight excluding hydrogens is 380 g/mol. The van der Waals surface area contributed by atoms with Crippen LogP contribution in [0.3, 0.4) is 0 Å². The van der Waals surface area contributed by atoms with Gasteiger partial charge in [0.25, 0.3) is 5.56 Å². The van der Waals surface area contributed by atoms with E-state index in [0.717, 1.165) is 54.6 Å². The molecule has 2 atom stereocenters. The zero-order valence-electron chi connectivity index (χ0n) is 18.2.